The maximum Gasteiger partial charge on any atom is 0.293 e. The summed E-state index contributed by atoms with van der Waals surface area (Å²) in [7, 11) is 0. The van der Waals surface area contributed by atoms with Gasteiger partial charge in [-0.05, 0) is 18.6 Å². The molecule has 1 aliphatic heterocycles. The number of carbonyl (C=O) groups is 2. The molecule has 2 heterocycles. The summed E-state index contributed by atoms with van der Waals surface area (Å²) in [5.74, 6) is -0.410. The first-order valence-electron chi connectivity index (χ1n) is 6.24. The van der Waals surface area contributed by atoms with E-state index in [4.69, 9.17) is 4.52 Å². The SMILES string of the molecule is Cc1cc(C(=O)N2CC(=O)Nc3ccccc3C2)on1. The molecule has 0 saturated carbocycles. The number of hydrogen-bond donors (Lipinski definition) is 1. The van der Waals surface area contributed by atoms with Crippen LogP contribution in [0.4, 0.5) is 5.69 Å². The third-order valence-electron chi connectivity index (χ3n) is 3.11. The minimum atomic E-state index is -0.336. The fourth-order valence-corrected chi connectivity index (χ4v) is 2.17. The number of nitrogens with zero attached hydrogens (tertiary/aromatic N) is 2. The van der Waals surface area contributed by atoms with Crippen molar-refractivity contribution in [2.75, 3.05) is 11.9 Å². The number of amides is 2. The van der Waals surface area contributed by atoms with Gasteiger partial charge in [-0.25, -0.2) is 0 Å². The van der Waals surface area contributed by atoms with Gasteiger partial charge in [0.15, 0.2) is 0 Å². The van der Waals surface area contributed by atoms with Gasteiger partial charge < -0.3 is 14.7 Å². The summed E-state index contributed by atoms with van der Waals surface area (Å²) in [4.78, 5) is 25.6. The van der Waals surface area contributed by atoms with E-state index in [1.807, 2.05) is 24.3 Å². The Morgan fingerprint density at radius 2 is 2.15 bits per heavy atom. The largest absolute Gasteiger partial charge is 0.351 e. The van der Waals surface area contributed by atoms with Gasteiger partial charge in [-0.2, -0.15) is 0 Å². The maximum absolute atomic E-state index is 12.3. The monoisotopic (exact) mass is 271 g/mol. The number of fused-ring (bicyclic) bond motifs is 1. The average molecular weight is 271 g/mol. The molecule has 0 spiro atoms. The second-order valence-electron chi connectivity index (χ2n) is 4.70. The van der Waals surface area contributed by atoms with Crippen LogP contribution >= 0.6 is 0 Å². The number of benzene rings is 1. The molecule has 1 N–H and O–H groups in total. The molecule has 0 atom stereocenters. The first kappa shape index (κ1) is 12.4. The molecule has 1 aromatic heterocycles. The van der Waals surface area contributed by atoms with Crippen LogP contribution in [0, 0.1) is 6.92 Å². The molecule has 3 rings (SSSR count). The molecule has 20 heavy (non-hydrogen) atoms. The zero-order valence-corrected chi connectivity index (χ0v) is 10.9. The van der Waals surface area contributed by atoms with Gasteiger partial charge in [0, 0.05) is 18.3 Å². The highest BCUT2D eigenvalue weighted by Gasteiger charge is 2.26. The Morgan fingerprint density at radius 1 is 1.35 bits per heavy atom. The van der Waals surface area contributed by atoms with Gasteiger partial charge in [0.1, 0.15) is 6.54 Å². The van der Waals surface area contributed by atoms with Gasteiger partial charge in [-0.15, -0.1) is 0 Å². The van der Waals surface area contributed by atoms with Crippen LogP contribution in [-0.4, -0.2) is 28.4 Å². The number of nitrogens with one attached hydrogen (secondary N) is 1. The van der Waals surface area contributed by atoms with Gasteiger partial charge in [0.05, 0.1) is 5.69 Å². The molecular formula is C14H13N3O3. The molecule has 0 unspecified atom stereocenters. The Morgan fingerprint density at radius 3 is 2.90 bits per heavy atom. The minimum absolute atomic E-state index is 0.00669. The molecule has 2 amide bonds. The van der Waals surface area contributed by atoms with Crippen LogP contribution < -0.4 is 5.32 Å². The number of carbonyl (C=O) groups excluding carboxylic acids is 2. The smallest absolute Gasteiger partial charge is 0.293 e. The standard InChI is InChI=1S/C14H13N3O3/c1-9-6-12(20-16-9)14(19)17-7-10-4-2-3-5-11(10)15-13(18)8-17/h2-6H,7-8H2,1H3,(H,15,18). The van der Waals surface area contributed by atoms with Crippen LogP contribution in [0.5, 0.6) is 0 Å². The molecular weight excluding hydrogens is 258 g/mol. The molecule has 1 aliphatic rings. The molecule has 0 radical (unpaired) electrons. The van der Waals surface area contributed by atoms with Crippen LogP contribution in [0.2, 0.25) is 0 Å². The number of aromatic nitrogens is 1. The quantitative estimate of drug-likeness (QED) is 0.854. The molecule has 6 heteroatoms. The highest BCUT2D eigenvalue weighted by Crippen LogP contribution is 2.21. The lowest BCUT2D eigenvalue weighted by Crippen LogP contribution is -2.35. The van der Waals surface area contributed by atoms with E-state index >= 15 is 0 Å². The van der Waals surface area contributed by atoms with Gasteiger partial charge in [0.25, 0.3) is 5.91 Å². The maximum atomic E-state index is 12.3. The zero-order valence-electron chi connectivity index (χ0n) is 10.9. The second kappa shape index (κ2) is 4.80. The van der Waals surface area contributed by atoms with E-state index in [2.05, 4.69) is 10.5 Å². The predicted octanol–water partition coefficient (Wildman–Crippen LogP) is 1.58. The Hall–Kier alpha value is -2.63. The van der Waals surface area contributed by atoms with Crippen molar-refractivity contribution in [2.45, 2.75) is 13.5 Å². The van der Waals surface area contributed by atoms with Crippen LogP contribution in [0.3, 0.4) is 0 Å². The van der Waals surface area contributed by atoms with Crippen molar-refractivity contribution in [3.8, 4) is 0 Å². The summed E-state index contributed by atoms with van der Waals surface area (Å²) < 4.78 is 4.97. The highest BCUT2D eigenvalue weighted by atomic mass is 16.5. The van der Waals surface area contributed by atoms with Gasteiger partial charge in [-0.1, -0.05) is 23.4 Å². The lowest BCUT2D eigenvalue weighted by atomic mass is 10.1. The molecule has 0 aliphatic carbocycles. The number of rotatable bonds is 1. The van der Waals surface area contributed by atoms with Crippen molar-refractivity contribution in [2.24, 2.45) is 0 Å². The van der Waals surface area contributed by atoms with Gasteiger partial charge >= 0.3 is 0 Å². The highest BCUT2D eigenvalue weighted by molar-refractivity contribution is 5.99. The molecule has 1 aromatic carbocycles. The van der Waals surface area contributed by atoms with Crippen molar-refractivity contribution in [3.63, 3.8) is 0 Å². The summed E-state index contributed by atoms with van der Waals surface area (Å²) in [6, 6.07) is 8.98. The van der Waals surface area contributed by atoms with E-state index in [0.717, 1.165) is 11.3 Å². The third kappa shape index (κ3) is 2.27. The predicted molar refractivity (Wildman–Crippen MR) is 71.1 cm³/mol. The Bertz CT molecular complexity index is 678. The fourth-order valence-electron chi connectivity index (χ4n) is 2.17. The van der Waals surface area contributed by atoms with E-state index in [9.17, 15) is 9.59 Å². The first-order chi connectivity index (χ1) is 9.63. The van der Waals surface area contributed by atoms with E-state index in [1.54, 1.807) is 13.0 Å². The van der Waals surface area contributed by atoms with E-state index in [1.165, 1.54) is 4.90 Å². The zero-order chi connectivity index (χ0) is 14.1. The van der Waals surface area contributed by atoms with E-state index < -0.39 is 0 Å². The first-order valence-corrected chi connectivity index (χ1v) is 6.24. The van der Waals surface area contributed by atoms with Crippen molar-refractivity contribution in [1.29, 1.82) is 0 Å². The summed E-state index contributed by atoms with van der Waals surface area (Å²) in [6.07, 6.45) is 0. The fraction of sp³-hybridized carbons (Fsp3) is 0.214. The van der Waals surface area contributed by atoms with Crippen LogP contribution in [0.15, 0.2) is 34.9 Å². The molecule has 0 fully saturated rings. The van der Waals surface area contributed by atoms with Crippen molar-refractivity contribution in [1.82, 2.24) is 10.1 Å². The number of para-hydroxylation sites is 1. The summed E-state index contributed by atoms with van der Waals surface area (Å²) in [5.41, 5.74) is 2.26. The Labute approximate surface area is 115 Å². The molecule has 6 nitrogen and oxygen atoms in total. The van der Waals surface area contributed by atoms with Crippen LogP contribution in [-0.2, 0) is 11.3 Å². The molecule has 2 aromatic rings. The van der Waals surface area contributed by atoms with E-state index in [-0.39, 0.29) is 24.1 Å². The summed E-state index contributed by atoms with van der Waals surface area (Å²) >= 11 is 0. The second-order valence-corrected chi connectivity index (χ2v) is 4.70. The lowest BCUT2D eigenvalue weighted by Gasteiger charge is -2.17. The van der Waals surface area contributed by atoms with Crippen LogP contribution in [0.1, 0.15) is 21.8 Å². The van der Waals surface area contributed by atoms with Crippen molar-refractivity contribution >= 4 is 17.5 Å². The van der Waals surface area contributed by atoms with Gasteiger partial charge in [0.2, 0.25) is 11.7 Å². The number of anilines is 1. The topological polar surface area (TPSA) is 75.4 Å². The normalized spacial score (nSPS) is 14.4. The summed E-state index contributed by atoms with van der Waals surface area (Å²) in [5, 5.41) is 6.48. The van der Waals surface area contributed by atoms with Crippen molar-refractivity contribution < 1.29 is 14.1 Å². The molecule has 0 bridgehead atoms. The summed E-state index contributed by atoms with van der Waals surface area (Å²) in [6.45, 7) is 2.09. The van der Waals surface area contributed by atoms with E-state index in [0.29, 0.717) is 12.2 Å². The van der Waals surface area contributed by atoms with Crippen LogP contribution in [0.25, 0.3) is 0 Å². The Kier molecular flexibility index (Phi) is 2.98. The average Bonchev–Trinajstić information content (AvgIpc) is 2.77. The van der Waals surface area contributed by atoms with Gasteiger partial charge in [-0.3, -0.25) is 9.59 Å². The minimum Gasteiger partial charge on any atom is -0.351 e. The number of hydrogen-bond acceptors (Lipinski definition) is 4. The van der Waals surface area contributed by atoms with Crippen molar-refractivity contribution in [3.05, 3.63) is 47.3 Å². The lowest BCUT2D eigenvalue weighted by molar-refractivity contribution is -0.116. The molecule has 102 valence electrons. The number of aryl methyl sites for hydroxylation is 1. The Balaban J connectivity index is 1.91. The third-order valence-corrected chi connectivity index (χ3v) is 3.11. The molecule has 0 saturated heterocycles.